The predicted octanol–water partition coefficient (Wildman–Crippen LogP) is 5.05. The molecule has 0 spiro atoms. The van der Waals surface area contributed by atoms with Crippen molar-refractivity contribution in [3.8, 4) is 0 Å². The summed E-state index contributed by atoms with van der Waals surface area (Å²) in [7, 11) is 0.118. The van der Waals surface area contributed by atoms with Crippen LogP contribution in [0.4, 0.5) is 0 Å². The van der Waals surface area contributed by atoms with E-state index in [1.54, 1.807) is 42.6 Å². The first kappa shape index (κ1) is 19.7. The van der Waals surface area contributed by atoms with Gasteiger partial charge < -0.3 is 4.90 Å². The topological polar surface area (TPSA) is 42.3 Å². The van der Waals surface area contributed by atoms with E-state index in [-0.39, 0.29) is 4.90 Å². The highest BCUT2D eigenvalue weighted by Gasteiger charge is 2.25. The van der Waals surface area contributed by atoms with Gasteiger partial charge in [0, 0.05) is 27.6 Å². The van der Waals surface area contributed by atoms with Gasteiger partial charge in [-0.25, -0.2) is 12.4 Å². The molecule has 0 fully saturated rings. The van der Waals surface area contributed by atoms with Crippen LogP contribution in [-0.2, 0) is 16.4 Å². The Kier molecular flexibility index (Phi) is 5.70. The highest BCUT2D eigenvalue weighted by molar-refractivity contribution is 9.10. The van der Waals surface area contributed by atoms with Crippen molar-refractivity contribution in [3.63, 3.8) is 0 Å². The van der Waals surface area contributed by atoms with Gasteiger partial charge >= 0.3 is 0 Å². The number of hydrogen-bond donors (Lipinski definition) is 0. The van der Waals surface area contributed by atoms with Crippen molar-refractivity contribution in [3.05, 3.63) is 62.7 Å². The summed E-state index contributed by atoms with van der Waals surface area (Å²) in [4.78, 5) is 2.22. The fraction of sp³-hybridized carbons (Fsp3) is 0.222. The van der Waals surface area contributed by atoms with E-state index in [1.807, 2.05) is 19.0 Å². The van der Waals surface area contributed by atoms with E-state index >= 15 is 0 Å². The zero-order valence-corrected chi connectivity index (χ0v) is 18.1. The second-order valence-electron chi connectivity index (χ2n) is 6.22. The fourth-order valence-corrected chi connectivity index (χ4v) is 5.82. The molecule has 4 nitrogen and oxygen atoms in total. The van der Waals surface area contributed by atoms with E-state index in [9.17, 15) is 8.42 Å². The second-order valence-corrected chi connectivity index (χ2v) is 9.70. The van der Waals surface area contributed by atoms with Crippen LogP contribution in [0.2, 0.25) is 10.0 Å². The first-order valence-corrected chi connectivity index (χ1v) is 10.8. The second kappa shape index (κ2) is 7.52. The molecule has 0 amide bonds. The lowest BCUT2D eigenvalue weighted by Crippen LogP contribution is -2.15. The van der Waals surface area contributed by atoms with Crippen LogP contribution in [0.3, 0.4) is 0 Å². The van der Waals surface area contributed by atoms with Crippen molar-refractivity contribution < 1.29 is 8.42 Å². The predicted molar refractivity (Wildman–Crippen MR) is 111 cm³/mol. The van der Waals surface area contributed by atoms with Gasteiger partial charge in [0.15, 0.2) is 0 Å². The molecule has 8 heteroatoms. The summed E-state index contributed by atoms with van der Waals surface area (Å²) in [6.07, 6.45) is 2.32. The smallest absolute Gasteiger partial charge is 0.269 e. The lowest BCUT2D eigenvalue weighted by molar-refractivity contribution is 0.414. The standard InChI is InChI=1S/C18H17BrCl2N2O2S/c1-22(2)8-7-12-11-23(18-14(12)9-13(20)10-16(18)21)26(24,25)17-6-4-3-5-15(17)19/h3-6,9-11H,7-8H2,1-2H3. The van der Waals surface area contributed by atoms with Gasteiger partial charge in [0.25, 0.3) is 10.0 Å². The Morgan fingerprint density at radius 3 is 2.50 bits per heavy atom. The third-order valence-electron chi connectivity index (χ3n) is 4.07. The summed E-state index contributed by atoms with van der Waals surface area (Å²) in [6.45, 7) is 0.776. The number of halogens is 3. The number of rotatable bonds is 5. The lowest BCUT2D eigenvalue weighted by Gasteiger charge is -2.10. The summed E-state index contributed by atoms with van der Waals surface area (Å²) in [5.41, 5.74) is 1.33. The van der Waals surface area contributed by atoms with Crippen LogP contribution in [0.1, 0.15) is 5.56 Å². The van der Waals surface area contributed by atoms with Crippen molar-refractivity contribution in [1.29, 1.82) is 0 Å². The third-order valence-corrected chi connectivity index (χ3v) is 7.25. The molecule has 1 heterocycles. The average molecular weight is 476 g/mol. The molecule has 0 bridgehead atoms. The van der Waals surface area contributed by atoms with Gasteiger partial charge in [-0.2, -0.15) is 0 Å². The van der Waals surface area contributed by atoms with Crippen molar-refractivity contribution in [2.45, 2.75) is 11.3 Å². The molecule has 0 aliphatic rings. The fourth-order valence-electron chi connectivity index (χ4n) is 2.80. The molecule has 0 N–H and O–H groups in total. The van der Waals surface area contributed by atoms with E-state index in [0.717, 1.165) is 17.5 Å². The van der Waals surface area contributed by atoms with Crippen molar-refractivity contribution >= 4 is 60.1 Å². The third kappa shape index (κ3) is 3.66. The minimum atomic E-state index is -3.82. The molecule has 26 heavy (non-hydrogen) atoms. The minimum Gasteiger partial charge on any atom is -0.309 e. The number of likely N-dealkylation sites (N-methyl/N-ethyl adjacent to an activating group) is 1. The number of hydrogen-bond acceptors (Lipinski definition) is 3. The SMILES string of the molecule is CN(C)CCc1cn(S(=O)(=O)c2ccccc2Br)c2c(Cl)cc(Cl)cc12. The van der Waals surface area contributed by atoms with Gasteiger partial charge in [0.2, 0.25) is 0 Å². The molecule has 0 aliphatic heterocycles. The number of aromatic nitrogens is 1. The Hall–Kier alpha value is -1.05. The van der Waals surface area contributed by atoms with E-state index in [4.69, 9.17) is 23.2 Å². The molecular weight excluding hydrogens is 459 g/mol. The first-order chi connectivity index (χ1) is 12.2. The lowest BCUT2D eigenvalue weighted by atomic mass is 10.1. The molecular formula is C18H17BrCl2N2O2S. The van der Waals surface area contributed by atoms with Crippen LogP contribution in [0.5, 0.6) is 0 Å². The maximum Gasteiger partial charge on any atom is 0.269 e. The van der Waals surface area contributed by atoms with E-state index in [0.29, 0.717) is 26.5 Å². The quantitative estimate of drug-likeness (QED) is 0.518. The van der Waals surface area contributed by atoms with Crippen LogP contribution in [0.25, 0.3) is 10.9 Å². The van der Waals surface area contributed by atoms with Gasteiger partial charge in [-0.3, -0.25) is 0 Å². The van der Waals surface area contributed by atoms with Crippen molar-refractivity contribution in [2.24, 2.45) is 0 Å². The molecule has 138 valence electrons. The van der Waals surface area contributed by atoms with Gasteiger partial charge in [-0.05, 0) is 66.3 Å². The molecule has 0 unspecified atom stereocenters. The summed E-state index contributed by atoms with van der Waals surface area (Å²) in [5, 5.41) is 1.53. The molecule has 3 aromatic rings. The molecule has 0 atom stereocenters. The van der Waals surface area contributed by atoms with Crippen molar-refractivity contribution in [1.82, 2.24) is 8.87 Å². The monoisotopic (exact) mass is 474 g/mol. The van der Waals surface area contributed by atoms with Gasteiger partial charge in [-0.15, -0.1) is 0 Å². The number of nitrogens with zero attached hydrogens (tertiary/aromatic N) is 2. The molecule has 0 radical (unpaired) electrons. The van der Waals surface area contributed by atoms with E-state index in [1.165, 1.54) is 3.97 Å². The average Bonchev–Trinajstić information content (AvgIpc) is 2.92. The highest BCUT2D eigenvalue weighted by Crippen LogP contribution is 2.35. The van der Waals surface area contributed by atoms with Gasteiger partial charge in [0.05, 0.1) is 10.5 Å². The van der Waals surface area contributed by atoms with Crippen LogP contribution < -0.4 is 0 Å². The van der Waals surface area contributed by atoms with E-state index in [2.05, 4.69) is 15.9 Å². The molecule has 0 saturated heterocycles. The Balaban J connectivity index is 2.28. The Morgan fingerprint density at radius 2 is 1.85 bits per heavy atom. The molecule has 0 aliphatic carbocycles. The van der Waals surface area contributed by atoms with E-state index < -0.39 is 10.0 Å². The Bertz CT molecular complexity index is 1080. The molecule has 1 aromatic heterocycles. The Morgan fingerprint density at radius 1 is 1.15 bits per heavy atom. The summed E-state index contributed by atoms with van der Waals surface area (Å²) >= 11 is 15.9. The van der Waals surface area contributed by atoms with Gasteiger partial charge in [0.1, 0.15) is 4.90 Å². The van der Waals surface area contributed by atoms with Crippen LogP contribution in [0.15, 0.2) is 52.0 Å². The van der Waals surface area contributed by atoms with Crippen LogP contribution in [-0.4, -0.2) is 37.9 Å². The first-order valence-electron chi connectivity index (χ1n) is 7.85. The van der Waals surface area contributed by atoms with Crippen LogP contribution >= 0.6 is 39.1 Å². The minimum absolute atomic E-state index is 0.182. The molecule has 3 rings (SSSR count). The number of fused-ring (bicyclic) bond motifs is 1. The zero-order chi connectivity index (χ0) is 19.1. The molecule has 2 aromatic carbocycles. The summed E-state index contributed by atoms with van der Waals surface area (Å²) < 4.78 is 28.3. The maximum atomic E-state index is 13.3. The molecule has 0 saturated carbocycles. The maximum absolute atomic E-state index is 13.3. The van der Waals surface area contributed by atoms with Crippen LogP contribution in [0, 0.1) is 0 Å². The zero-order valence-electron chi connectivity index (χ0n) is 14.2. The summed E-state index contributed by atoms with van der Waals surface area (Å²) in [5.74, 6) is 0. The summed E-state index contributed by atoms with van der Waals surface area (Å²) in [6, 6.07) is 10.0. The van der Waals surface area contributed by atoms with Crippen molar-refractivity contribution in [2.75, 3.05) is 20.6 Å². The van der Waals surface area contributed by atoms with Gasteiger partial charge in [-0.1, -0.05) is 35.3 Å². The Labute approximate surface area is 171 Å². The number of benzene rings is 2. The highest BCUT2D eigenvalue weighted by atomic mass is 79.9. The normalized spacial score (nSPS) is 12.2. The largest absolute Gasteiger partial charge is 0.309 e.